The molecule has 26 heavy (non-hydrogen) atoms. The highest BCUT2D eigenvalue weighted by Gasteiger charge is 2.35. The van der Waals surface area contributed by atoms with Crippen LogP contribution in [0.15, 0.2) is 24.5 Å². The summed E-state index contributed by atoms with van der Waals surface area (Å²) in [5, 5.41) is 4.86. The summed E-state index contributed by atoms with van der Waals surface area (Å²) in [6.45, 7) is 2.94. The molecule has 0 aliphatic carbocycles. The monoisotopic (exact) mass is 377 g/mol. The Bertz CT molecular complexity index is 944. The van der Waals surface area contributed by atoms with Crippen LogP contribution in [0.4, 0.5) is 8.78 Å². The molecule has 0 amide bonds. The van der Waals surface area contributed by atoms with Gasteiger partial charge in [0.1, 0.15) is 16.8 Å². The van der Waals surface area contributed by atoms with Crippen molar-refractivity contribution in [3.63, 3.8) is 0 Å². The van der Waals surface area contributed by atoms with E-state index in [1.165, 1.54) is 18.2 Å². The summed E-state index contributed by atoms with van der Waals surface area (Å²) >= 11 is 6.37. The van der Waals surface area contributed by atoms with Crippen LogP contribution in [0.1, 0.15) is 34.3 Å². The maximum Gasteiger partial charge on any atom is 0.131 e. The Balaban J connectivity index is 1.81. The van der Waals surface area contributed by atoms with Gasteiger partial charge in [-0.2, -0.15) is 5.10 Å². The van der Waals surface area contributed by atoms with Crippen molar-refractivity contribution in [3.05, 3.63) is 69.5 Å². The summed E-state index contributed by atoms with van der Waals surface area (Å²) in [6, 6.07) is 3.30. The highest BCUT2D eigenvalue weighted by Crippen LogP contribution is 2.37. The number of hydrogen-bond acceptors (Lipinski definition) is 3. The second-order valence-electron chi connectivity index (χ2n) is 6.50. The lowest BCUT2D eigenvalue weighted by Crippen LogP contribution is -2.37. The first-order chi connectivity index (χ1) is 12.5. The summed E-state index contributed by atoms with van der Waals surface area (Å²) in [6.07, 6.45) is 2.29. The predicted octanol–water partition coefficient (Wildman–Crippen LogP) is 3.53. The first-order valence-electron chi connectivity index (χ1n) is 8.35. The molecule has 136 valence electrons. The van der Waals surface area contributed by atoms with Gasteiger partial charge in [-0.1, -0.05) is 17.7 Å². The average molecular weight is 378 g/mol. The van der Waals surface area contributed by atoms with E-state index in [4.69, 9.17) is 11.6 Å². The zero-order valence-corrected chi connectivity index (χ0v) is 15.2. The molecule has 4 rings (SSSR count). The maximum absolute atomic E-state index is 14.6. The molecule has 2 aromatic heterocycles. The quantitative estimate of drug-likeness (QED) is 0.759. The number of rotatable bonds is 3. The van der Waals surface area contributed by atoms with Crippen LogP contribution in [-0.4, -0.2) is 31.2 Å². The smallest absolute Gasteiger partial charge is 0.131 e. The maximum atomic E-state index is 14.6. The van der Waals surface area contributed by atoms with Crippen molar-refractivity contribution < 1.29 is 8.78 Å². The van der Waals surface area contributed by atoms with Crippen molar-refractivity contribution >= 4 is 11.6 Å². The van der Waals surface area contributed by atoms with E-state index in [0.29, 0.717) is 23.9 Å². The molecular weight excluding hydrogens is 360 g/mol. The Labute approximate surface area is 154 Å². The van der Waals surface area contributed by atoms with E-state index in [9.17, 15) is 8.78 Å². The van der Waals surface area contributed by atoms with E-state index in [2.05, 4.69) is 15.1 Å². The van der Waals surface area contributed by atoms with Gasteiger partial charge < -0.3 is 4.98 Å². The molecule has 5 nitrogen and oxygen atoms in total. The van der Waals surface area contributed by atoms with Crippen molar-refractivity contribution in [2.45, 2.75) is 25.9 Å². The van der Waals surface area contributed by atoms with Gasteiger partial charge in [0.15, 0.2) is 0 Å². The number of aryl methyl sites for hydroxylation is 2. The Morgan fingerprint density at radius 2 is 2.04 bits per heavy atom. The number of imidazole rings is 1. The Morgan fingerprint density at radius 3 is 2.69 bits per heavy atom. The van der Waals surface area contributed by atoms with Gasteiger partial charge in [0.25, 0.3) is 0 Å². The third kappa shape index (κ3) is 2.71. The second kappa shape index (κ2) is 6.48. The van der Waals surface area contributed by atoms with Crippen molar-refractivity contribution in [2.24, 2.45) is 7.05 Å². The molecule has 0 saturated carbocycles. The SMILES string of the molecule is Cc1nn(C)c(Cl)c1CN1CCc2[nH]cnc2[C@H]1c1c(F)cccc1F. The number of H-pyrrole nitrogens is 1. The Kier molecular flexibility index (Phi) is 4.28. The van der Waals surface area contributed by atoms with Gasteiger partial charge in [0.2, 0.25) is 0 Å². The standard InChI is InChI=1S/C18H18ClF2N5/c1-10-11(18(19)25(2)24-10)8-26-7-6-14-16(23-9-22-14)17(26)15-12(20)4-3-5-13(15)21/h3-5,9,17H,6-8H2,1-2H3,(H,22,23)/t17-/m1/s1. The number of aromatic nitrogens is 4. The molecule has 3 heterocycles. The van der Waals surface area contributed by atoms with Crippen molar-refractivity contribution in [1.82, 2.24) is 24.6 Å². The number of fused-ring (bicyclic) bond motifs is 1. The molecule has 1 aliphatic heterocycles. The molecule has 1 atom stereocenters. The van der Waals surface area contributed by atoms with Crippen molar-refractivity contribution in [3.8, 4) is 0 Å². The van der Waals surface area contributed by atoms with E-state index in [1.54, 1.807) is 18.1 Å². The van der Waals surface area contributed by atoms with Gasteiger partial charge in [-0.05, 0) is 19.1 Å². The lowest BCUT2D eigenvalue weighted by molar-refractivity contribution is 0.192. The van der Waals surface area contributed by atoms with Crippen LogP contribution in [0.25, 0.3) is 0 Å². The van der Waals surface area contributed by atoms with Crippen LogP contribution in [0, 0.1) is 18.6 Å². The Hall–Kier alpha value is -2.25. The fourth-order valence-corrected chi connectivity index (χ4v) is 3.88. The molecule has 3 aromatic rings. The van der Waals surface area contributed by atoms with Gasteiger partial charge >= 0.3 is 0 Å². The third-order valence-corrected chi connectivity index (χ3v) is 5.40. The minimum atomic E-state index is -0.623. The zero-order chi connectivity index (χ0) is 18.4. The summed E-state index contributed by atoms with van der Waals surface area (Å²) in [5.74, 6) is -1.16. The van der Waals surface area contributed by atoms with Crippen LogP contribution < -0.4 is 0 Å². The molecule has 0 bridgehead atoms. The van der Waals surface area contributed by atoms with Gasteiger partial charge in [-0.15, -0.1) is 0 Å². The summed E-state index contributed by atoms with van der Waals surface area (Å²) in [7, 11) is 1.77. The van der Waals surface area contributed by atoms with E-state index < -0.39 is 17.7 Å². The predicted molar refractivity (Wildman–Crippen MR) is 93.9 cm³/mol. The minimum Gasteiger partial charge on any atom is -0.348 e. The normalized spacial score (nSPS) is 17.5. The van der Waals surface area contributed by atoms with Gasteiger partial charge in [-0.3, -0.25) is 9.58 Å². The summed E-state index contributed by atoms with van der Waals surface area (Å²) < 4.78 is 30.7. The van der Waals surface area contributed by atoms with Crippen LogP contribution in [0.2, 0.25) is 5.15 Å². The van der Waals surface area contributed by atoms with Crippen LogP contribution >= 0.6 is 11.6 Å². The number of aromatic amines is 1. The average Bonchev–Trinajstić information content (AvgIpc) is 3.16. The molecule has 1 N–H and O–H groups in total. The number of nitrogens with one attached hydrogen (secondary N) is 1. The molecule has 0 spiro atoms. The van der Waals surface area contributed by atoms with Crippen LogP contribution in [-0.2, 0) is 20.0 Å². The lowest BCUT2D eigenvalue weighted by Gasteiger charge is -2.35. The molecular formula is C18H18ClF2N5. The first-order valence-corrected chi connectivity index (χ1v) is 8.73. The minimum absolute atomic E-state index is 0.0122. The Morgan fingerprint density at radius 1 is 1.31 bits per heavy atom. The van der Waals surface area contributed by atoms with Crippen molar-refractivity contribution in [1.29, 1.82) is 0 Å². The van der Waals surface area contributed by atoms with Gasteiger partial charge in [0.05, 0.1) is 23.8 Å². The first kappa shape index (κ1) is 17.2. The molecule has 0 fully saturated rings. The second-order valence-corrected chi connectivity index (χ2v) is 6.86. The number of nitrogens with zero attached hydrogens (tertiary/aromatic N) is 4. The number of benzene rings is 1. The highest BCUT2D eigenvalue weighted by atomic mass is 35.5. The molecule has 0 unspecified atom stereocenters. The van der Waals surface area contributed by atoms with E-state index >= 15 is 0 Å². The molecule has 8 heteroatoms. The van der Waals surface area contributed by atoms with Gasteiger partial charge in [-0.25, -0.2) is 13.8 Å². The highest BCUT2D eigenvalue weighted by molar-refractivity contribution is 6.30. The molecule has 0 radical (unpaired) electrons. The zero-order valence-electron chi connectivity index (χ0n) is 14.4. The number of hydrogen-bond donors (Lipinski definition) is 1. The molecule has 0 saturated heterocycles. The topological polar surface area (TPSA) is 49.7 Å². The van der Waals surface area contributed by atoms with E-state index in [-0.39, 0.29) is 5.56 Å². The fourth-order valence-electron chi connectivity index (χ4n) is 3.64. The van der Waals surface area contributed by atoms with Crippen LogP contribution in [0.3, 0.4) is 0 Å². The van der Waals surface area contributed by atoms with E-state index in [0.717, 1.165) is 23.4 Å². The third-order valence-electron chi connectivity index (χ3n) is 4.93. The summed E-state index contributed by atoms with van der Waals surface area (Å²) in [4.78, 5) is 9.44. The fraction of sp³-hybridized carbons (Fsp3) is 0.333. The summed E-state index contributed by atoms with van der Waals surface area (Å²) in [5.41, 5.74) is 3.23. The van der Waals surface area contributed by atoms with Crippen molar-refractivity contribution in [2.75, 3.05) is 6.54 Å². The lowest BCUT2D eigenvalue weighted by atomic mass is 9.94. The molecule has 1 aliphatic rings. The van der Waals surface area contributed by atoms with Crippen LogP contribution in [0.5, 0.6) is 0 Å². The molecule has 1 aromatic carbocycles. The van der Waals surface area contributed by atoms with E-state index in [1.807, 2.05) is 11.8 Å². The van der Waals surface area contributed by atoms with Gasteiger partial charge in [0, 0.05) is 43.4 Å². The number of halogens is 3. The largest absolute Gasteiger partial charge is 0.348 e.